The molecular formula is C28H21N2O3P. The predicted octanol–water partition coefficient (Wildman–Crippen LogP) is 7.21. The summed E-state index contributed by atoms with van der Waals surface area (Å²) < 4.78 is 24.4. The van der Waals surface area contributed by atoms with Crippen LogP contribution in [-0.4, -0.2) is 9.97 Å². The minimum atomic E-state index is -2.75. The quantitative estimate of drug-likeness (QED) is 0.192. The first kappa shape index (κ1) is 20.9. The van der Waals surface area contributed by atoms with Gasteiger partial charge in [0.1, 0.15) is 0 Å². The summed E-state index contributed by atoms with van der Waals surface area (Å²) in [5, 5.41) is 3.95. The largest absolute Gasteiger partial charge is 0.319 e. The van der Waals surface area contributed by atoms with Crippen molar-refractivity contribution in [3.05, 3.63) is 108 Å². The van der Waals surface area contributed by atoms with E-state index in [-0.39, 0.29) is 13.2 Å². The van der Waals surface area contributed by atoms with E-state index in [1.165, 1.54) is 0 Å². The summed E-state index contributed by atoms with van der Waals surface area (Å²) in [6.45, 7) is 0.359. The number of rotatable bonds is 6. The summed E-state index contributed by atoms with van der Waals surface area (Å²) in [6.07, 6.45) is 0. The molecule has 2 heterocycles. The Balaban J connectivity index is 1.28. The van der Waals surface area contributed by atoms with Gasteiger partial charge in [-0.15, -0.1) is 0 Å². The van der Waals surface area contributed by atoms with Crippen LogP contribution >= 0.6 is 8.25 Å². The van der Waals surface area contributed by atoms with Gasteiger partial charge in [0.05, 0.1) is 35.3 Å². The molecule has 4 aromatic carbocycles. The maximum atomic E-state index is 12.8. The van der Waals surface area contributed by atoms with Gasteiger partial charge in [-0.05, 0) is 35.4 Å². The molecule has 2 aromatic heterocycles. The van der Waals surface area contributed by atoms with E-state index < -0.39 is 8.25 Å². The highest BCUT2D eigenvalue weighted by Gasteiger charge is 2.13. The number of hydrogen-bond donors (Lipinski definition) is 0. The van der Waals surface area contributed by atoms with E-state index in [1.807, 2.05) is 97.1 Å². The van der Waals surface area contributed by atoms with Crippen LogP contribution in [0.3, 0.4) is 0 Å². The van der Waals surface area contributed by atoms with Crippen molar-refractivity contribution in [2.45, 2.75) is 13.2 Å². The molecule has 34 heavy (non-hydrogen) atoms. The van der Waals surface area contributed by atoms with Crippen LogP contribution < -0.4 is 0 Å². The second-order valence-corrected chi connectivity index (χ2v) is 9.15. The van der Waals surface area contributed by atoms with Gasteiger partial charge in [0.15, 0.2) is 0 Å². The number of hydrogen-bond acceptors (Lipinski definition) is 5. The lowest BCUT2D eigenvalue weighted by atomic mass is 10.0. The first-order valence-electron chi connectivity index (χ1n) is 11.1. The summed E-state index contributed by atoms with van der Waals surface area (Å²) in [7, 11) is -2.75. The summed E-state index contributed by atoms with van der Waals surface area (Å²) in [5.74, 6) is 0. The Morgan fingerprint density at radius 3 is 1.12 bits per heavy atom. The van der Waals surface area contributed by atoms with Gasteiger partial charge in [-0.3, -0.25) is 4.57 Å². The van der Waals surface area contributed by atoms with Crippen LogP contribution in [0.15, 0.2) is 97.1 Å². The van der Waals surface area contributed by atoms with Crippen LogP contribution in [0.4, 0.5) is 0 Å². The van der Waals surface area contributed by atoms with E-state index in [9.17, 15) is 4.57 Å². The standard InChI is InChI=1S/C28H21N2O3P/c31-34(32-17-23-19-9-1-5-13-25(19)29-26-14-6-2-10-20(23)26)33-18-24-21-11-3-7-15-27(21)30-28-16-8-4-12-22(24)28/h1-16,34H,17-18H2. The highest BCUT2D eigenvalue weighted by molar-refractivity contribution is 7.33. The molecule has 0 aliphatic heterocycles. The fraction of sp³-hybridized carbons (Fsp3) is 0.0714. The van der Waals surface area contributed by atoms with Gasteiger partial charge in [0.25, 0.3) is 0 Å². The molecule has 6 heteroatoms. The first-order valence-corrected chi connectivity index (χ1v) is 12.3. The van der Waals surface area contributed by atoms with Crippen molar-refractivity contribution >= 4 is 51.9 Å². The van der Waals surface area contributed by atoms with Crippen LogP contribution in [0.5, 0.6) is 0 Å². The third-order valence-corrected chi connectivity index (χ3v) is 6.83. The third kappa shape index (κ3) is 3.84. The normalized spacial score (nSPS) is 11.8. The fourth-order valence-electron chi connectivity index (χ4n) is 4.47. The second kappa shape index (κ2) is 8.96. The van der Waals surface area contributed by atoms with Crippen LogP contribution in [0, 0.1) is 0 Å². The summed E-state index contributed by atoms with van der Waals surface area (Å²) in [5.41, 5.74) is 5.46. The van der Waals surface area contributed by atoms with Gasteiger partial charge in [0, 0.05) is 21.5 Å². The molecule has 0 amide bonds. The van der Waals surface area contributed by atoms with E-state index >= 15 is 0 Å². The minimum Gasteiger partial charge on any atom is -0.306 e. The fourth-order valence-corrected chi connectivity index (χ4v) is 5.08. The smallest absolute Gasteiger partial charge is 0.306 e. The van der Waals surface area contributed by atoms with Gasteiger partial charge in [-0.2, -0.15) is 0 Å². The molecule has 166 valence electrons. The molecule has 0 N–H and O–H groups in total. The Morgan fingerprint density at radius 1 is 0.500 bits per heavy atom. The molecule has 6 rings (SSSR count). The number of benzene rings is 4. The molecular weight excluding hydrogens is 443 g/mol. The molecule has 0 saturated heterocycles. The van der Waals surface area contributed by atoms with Crippen molar-refractivity contribution in [3.63, 3.8) is 0 Å². The van der Waals surface area contributed by atoms with Gasteiger partial charge >= 0.3 is 8.25 Å². The zero-order valence-electron chi connectivity index (χ0n) is 18.3. The van der Waals surface area contributed by atoms with Crippen molar-refractivity contribution in [1.29, 1.82) is 0 Å². The van der Waals surface area contributed by atoms with E-state index in [0.717, 1.165) is 54.7 Å². The summed E-state index contributed by atoms with van der Waals surface area (Å²) in [6, 6.07) is 31.7. The summed E-state index contributed by atoms with van der Waals surface area (Å²) in [4.78, 5) is 9.47. The van der Waals surface area contributed by atoms with E-state index in [0.29, 0.717) is 0 Å². The average molecular weight is 464 g/mol. The number of aromatic nitrogens is 2. The lowest BCUT2D eigenvalue weighted by molar-refractivity contribution is 0.215. The van der Waals surface area contributed by atoms with Crippen LogP contribution in [0.2, 0.25) is 0 Å². The molecule has 0 fully saturated rings. The van der Waals surface area contributed by atoms with Gasteiger partial charge in [-0.25, -0.2) is 9.97 Å². The maximum absolute atomic E-state index is 12.8. The zero-order chi connectivity index (χ0) is 22.9. The van der Waals surface area contributed by atoms with Crippen molar-refractivity contribution in [2.75, 3.05) is 0 Å². The first-order chi connectivity index (χ1) is 16.8. The van der Waals surface area contributed by atoms with Gasteiger partial charge in [-0.1, -0.05) is 72.8 Å². The number of nitrogens with zero attached hydrogens (tertiary/aromatic N) is 2. The molecule has 6 aromatic rings. The minimum absolute atomic E-state index is 0.180. The Labute approximate surface area is 196 Å². The molecule has 0 saturated carbocycles. The molecule has 0 spiro atoms. The van der Waals surface area contributed by atoms with Gasteiger partial charge < -0.3 is 9.05 Å². The highest BCUT2D eigenvalue weighted by Crippen LogP contribution is 2.34. The van der Waals surface area contributed by atoms with Crippen LogP contribution in [-0.2, 0) is 26.8 Å². The van der Waals surface area contributed by atoms with Gasteiger partial charge in [0.2, 0.25) is 0 Å². The predicted molar refractivity (Wildman–Crippen MR) is 137 cm³/mol. The van der Waals surface area contributed by atoms with E-state index in [2.05, 4.69) is 0 Å². The van der Waals surface area contributed by atoms with Crippen molar-refractivity contribution in [3.8, 4) is 0 Å². The number of fused-ring (bicyclic) bond motifs is 4. The average Bonchev–Trinajstić information content (AvgIpc) is 2.89. The molecule has 0 aliphatic rings. The Hall–Kier alpha value is -3.63. The van der Waals surface area contributed by atoms with Crippen molar-refractivity contribution in [2.24, 2.45) is 0 Å². The molecule has 0 unspecified atom stereocenters. The number of para-hydroxylation sites is 4. The van der Waals surface area contributed by atoms with Crippen molar-refractivity contribution in [1.82, 2.24) is 9.97 Å². The Bertz CT molecular complexity index is 1470. The van der Waals surface area contributed by atoms with Crippen LogP contribution in [0.1, 0.15) is 11.1 Å². The van der Waals surface area contributed by atoms with Crippen molar-refractivity contribution < 1.29 is 13.6 Å². The Morgan fingerprint density at radius 2 is 0.794 bits per heavy atom. The molecule has 5 nitrogen and oxygen atoms in total. The summed E-state index contributed by atoms with van der Waals surface area (Å²) >= 11 is 0. The molecule has 0 bridgehead atoms. The third-order valence-electron chi connectivity index (χ3n) is 6.07. The number of pyridine rings is 2. The zero-order valence-corrected chi connectivity index (χ0v) is 19.3. The lowest BCUT2D eigenvalue weighted by Gasteiger charge is -2.13. The molecule has 0 aliphatic carbocycles. The topological polar surface area (TPSA) is 61.3 Å². The highest BCUT2D eigenvalue weighted by atomic mass is 31.1. The Kier molecular flexibility index (Phi) is 5.52. The second-order valence-electron chi connectivity index (χ2n) is 8.08. The molecule has 0 atom stereocenters. The van der Waals surface area contributed by atoms with Crippen LogP contribution in [0.25, 0.3) is 43.6 Å². The van der Waals surface area contributed by atoms with E-state index in [1.54, 1.807) is 0 Å². The monoisotopic (exact) mass is 464 g/mol. The maximum Gasteiger partial charge on any atom is 0.319 e. The lowest BCUT2D eigenvalue weighted by Crippen LogP contribution is -1.96. The van der Waals surface area contributed by atoms with E-state index in [4.69, 9.17) is 19.0 Å². The molecule has 0 radical (unpaired) electrons. The SMILES string of the molecule is O=[PH](OCc1c2ccccc2nc2ccccc12)OCc1c2ccccc2nc2ccccc12.